The van der Waals surface area contributed by atoms with E-state index in [9.17, 15) is 8.42 Å². The predicted molar refractivity (Wildman–Crippen MR) is 62.4 cm³/mol. The third kappa shape index (κ3) is 5.16. The fraction of sp³-hybridized carbons (Fsp3) is 0.400. The molecule has 0 amide bonds. The Bertz CT molecular complexity index is 378. The Hall–Kier alpha value is -0.580. The van der Waals surface area contributed by atoms with E-state index in [0.717, 1.165) is 5.56 Å². The molecule has 0 fully saturated rings. The van der Waals surface area contributed by atoms with Crippen molar-refractivity contribution < 1.29 is 8.42 Å². The summed E-state index contributed by atoms with van der Waals surface area (Å²) in [7, 11) is -3.18. The molecular formula is C10H14ClNO2S. The van der Waals surface area contributed by atoms with Crippen molar-refractivity contribution in [2.75, 3.05) is 11.6 Å². The summed E-state index contributed by atoms with van der Waals surface area (Å²) in [5.41, 5.74) is 0.951. The molecule has 0 unspecified atom stereocenters. The minimum atomic E-state index is -3.18. The van der Waals surface area contributed by atoms with Gasteiger partial charge in [-0.2, -0.15) is 0 Å². The van der Waals surface area contributed by atoms with Crippen LogP contribution >= 0.6 is 11.6 Å². The Morgan fingerprint density at radius 3 is 2.47 bits per heavy atom. The lowest BCUT2D eigenvalue weighted by Gasteiger charge is -2.05. The van der Waals surface area contributed by atoms with E-state index >= 15 is 0 Å². The van der Waals surface area contributed by atoms with E-state index in [1.807, 2.05) is 30.3 Å². The highest BCUT2D eigenvalue weighted by atomic mass is 35.5. The maximum absolute atomic E-state index is 11.4. The van der Waals surface area contributed by atoms with Crippen molar-refractivity contribution >= 4 is 21.6 Å². The maximum Gasteiger partial charge on any atom is 0.211 e. The normalized spacial score (nSPS) is 11.5. The Kier molecular flexibility index (Phi) is 5.08. The van der Waals surface area contributed by atoms with Crippen molar-refractivity contribution in [1.29, 1.82) is 0 Å². The number of hydrogen-bond acceptors (Lipinski definition) is 2. The van der Waals surface area contributed by atoms with E-state index in [2.05, 4.69) is 4.72 Å². The molecule has 0 aliphatic carbocycles. The first-order valence-electron chi connectivity index (χ1n) is 4.71. The number of hydrogen-bond donors (Lipinski definition) is 1. The molecule has 0 aliphatic heterocycles. The minimum Gasteiger partial charge on any atom is -0.212 e. The average molecular weight is 248 g/mol. The monoisotopic (exact) mass is 247 g/mol. The van der Waals surface area contributed by atoms with E-state index in [4.69, 9.17) is 11.6 Å². The lowest BCUT2D eigenvalue weighted by atomic mass is 10.2. The minimum absolute atomic E-state index is 0.0866. The first-order valence-corrected chi connectivity index (χ1v) is 6.90. The van der Waals surface area contributed by atoms with Gasteiger partial charge in [0.2, 0.25) is 10.0 Å². The number of nitrogens with one attached hydrogen (secondary N) is 1. The molecule has 1 N–H and O–H groups in total. The van der Waals surface area contributed by atoms with Gasteiger partial charge in [-0.15, -0.1) is 11.6 Å². The van der Waals surface area contributed by atoms with Crippen molar-refractivity contribution in [3.8, 4) is 0 Å². The molecule has 1 rings (SSSR count). The number of halogens is 1. The zero-order chi connectivity index (χ0) is 11.1. The predicted octanol–water partition coefficient (Wildman–Crippen LogP) is 1.73. The molecule has 0 radical (unpaired) electrons. The van der Waals surface area contributed by atoms with Crippen LogP contribution in [0.4, 0.5) is 0 Å². The fourth-order valence-corrected chi connectivity index (χ4v) is 2.45. The molecule has 0 spiro atoms. The lowest BCUT2D eigenvalue weighted by molar-refractivity contribution is 0.580. The van der Waals surface area contributed by atoms with Crippen LogP contribution in [-0.4, -0.2) is 20.1 Å². The van der Waals surface area contributed by atoms with Gasteiger partial charge in [-0.25, -0.2) is 13.1 Å². The molecular weight excluding hydrogens is 234 g/mol. The zero-order valence-electron chi connectivity index (χ0n) is 8.32. The summed E-state index contributed by atoms with van der Waals surface area (Å²) in [6.07, 6.45) is 0.478. The zero-order valence-corrected chi connectivity index (χ0v) is 9.89. The van der Waals surface area contributed by atoms with E-state index < -0.39 is 10.0 Å². The van der Waals surface area contributed by atoms with Gasteiger partial charge in [0.15, 0.2) is 0 Å². The third-order valence-corrected chi connectivity index (χ3v) is 3.56. The van der Waals surface area contributed by atoms with Gasteiger partial charge in [0.1, 0.15) is 0 Å². The fourth-order valence-electron chi connectivity index (χ4n) is 1.11. The molecule has 0 bridgehead atoms. The largest absolute Gasteiger partial charge is 0.212 e. The quantitative estimate of drug-likeness (QED) is 0.779. The summed E-state index contributed by atoms with van der Waals surface area (Å²) in [6, 6.07) is 9.41. The Morgan fingerprint density at radius 1 is 1.20 bits per heavy atom. The first-order chi connectivity index (χ1) is 7.14. The van der Waals surface area contributed by atoms with Gasteiger partial charge in [-0.05, 0) is 12.0 Å². The van der Waals surface area contributed by atoms with Crippen molar-refractivity contribution in [2.24, 2.45) is 0 Å². The molecule has 5 heteroatoms. The second kappa shape index (κ2) is 6.10. The molecule has 1 aromatic carbocycles. The first kappa shape index (κ1) is 12.5. The van der Waals surface area contributed by atoms with Crippen LogP contribution in [0.2, 0.25) is 0 Å². The second-order valence-electron chi connectivity index (χ2n) is 3.17. The Balaban J connectivity index is 2.43. The molecule has 0 aromatic heterocycles. The molecule has 0 atom stereocenters. The van der Waals surface area contributed by atoms with Crippen LogP contribution in [0.5, 0.6) is 0 Å². The number of alkyl halides is 1. The standard InChI is InChI=1S/C10H14ClNO2S/c11-7-4-8-15(13,14)12-9-10-5-2-1-3-6-10/h1-3,5-6,12H,4,7-9H2. The van der Waals surface area contributed by atoms with Gasteiger partial charge in [-0.1, -0.05) is 30.3 Å². The highest BCUT2D eigenvalue weighted by molar-refractivity contribution is 7.89. The summed E-state index contributed by atoms with van der Waals surface area (Å²) in [6.45, 7) is 0.339. The Morgan fingerprint density at radius 2 is 1.87 bits per heavy atom. The van der Waals surface area contributed by atoms with Crippen LogP contribution < -0.4 is 4.72 Å². The summed E-state index contributed by atoms with van der Waals surface area (Å²) in [4.78, 5) is 0. The second-order valence-corrected chi connectivity index (χ2v) is 5.47. The van der Waals surface area contributed by atoms with Crippen LogP contribution in [-0.2, 0) is 16.6 Å². The topological polar surface area (TPSA) is 46.2 Å². The van der Waals surface area contributed by atoms with Crippen LogP contribution in [0.1, 0.15) is 12.0 Å². The Labute approximate surface area is 95.5 Å². The van der Waals surface area contributed by atoms with Gasteiger partial charge < -0.3 is 0 Å². The maximum atomic E-state index is 11.4. The van der Waals surface area contributed by atoms with E-state index in [-0.39, 0.29) is 5.75 Å². The van der Waals surface area contributed by atoms with E-state index in [1.165, 1.54) is 0 Å². The van der Waals surface area contributed by atoms with Crippen LogP contribution in [0.25, 0.3) is 0 Å². The molecule has 3 nitrogen and oxygen atoms in total. The van der Waals surface area contributed by atoms with Crippen LogP contribution in [0, 0.1) is 0 Å². The molecule has 0 saturated carbocycles. The van der Waals surface area contributed by atoms with Crippen molar-refractivity contribution in [2.45, 2.75) is 13.0 Å². The van der Waals surface area contributed by atoms with Crippen molar-refractivity contribution in [1.82, 2.24) is 4.72 Å². The van der Waals surface area contributed by atoms with Crippen molar-refractivity contribution in [3.63, 3.8) is 0 Å². The summed E-state index contributed by atoms with van der Waals surface area (Å²) < 4.78 is 25.3. The molecule has 15 heavy (non-hydrogen) atoms. The third-order valence-electron chi connectivity index (χ3n) is 1.89. The SMILES string of the molecule is O=S(=O)(CCCCl)NCc1ccccc1. The van der Waals surface area contributed by atoms with Crippen molar-refractivity contribution in [3.05, 3.63) is 35.9 Å². The van der Waals surface area contributed by atoms with Gasteiger partial charge in [-0.3, -0.25) is 0 Å². The highest BCUT2D eigenvalue weighted by Gasteiger charge is 2.08. The average Bonchev–Trinajstić information content (AvgIpc) is 2.25. The van der Waals surface area contributed by atoms with Gasteiger partial charge in [0, 0.05) is 12.4 Å². The van der Waals surface area contributed by atoms with Gasteiger partial charge >= 0.3 is 0 Å². The number of benzene rings is 1. The van der Waals surface area contributed by atoms with Gasteiger partial charge in [0.05, 0.1) is 5.75 Å². The van der Waals surface area contributed by atoms with E-state index in [1.54, 1.807) is 0 Å². The molecule has 84 valence electrons. The molecule has 0 aliphatic rings. The van der Waals surface area contributed by atoms with Crippen LogP contribution in [0.3, 0.4) is 0 Å². The number of rotatable bonds is 6. The van der Waals surface area contributed by atoms with Crippen LogP contribution in [0.15, 0.2) is 30.3 Å². The number of sulfonamides is 1. The molecule has 0 heterocycles. The molecule has 1 aromatic rings. The molecule has 0 saturated heterocycles. The lowest BCUT2D eigenvalue weighted by Crippen LogP contribution is -2.26. The summed E-state index contributed by atoms with van der Waals surface area (Å²) in [5, 5.41) is 0. The summed E-state index contributed by atoms with van der Waals surface area (Å²) in [5.74, 6) is 0.454. The highest BCUT2D eigenvalue weighted by Crippen LogP contribution is 1.99. The summed E-state index contributed by atoms with van der Waals surface area (Å²) >= 11 is 5.43. The van der Waals surface area contributed by atoms with E-state index in [0.29, 0.717) is 18.8 Å². The van der Waals surface area contributed by atoms with Gasteiger partial charge in [0.25, 0.3) is 0 Å². The smallest absolute Gasteiger partial charge is 0.211 e.